The van der Waals surface area contributed by atoms with Crippen LogP contribution in [0.4, 0.5) is 17.6 Å². The van der Waals surface area contributed by atoms with Gasteiger partial charge in [0.2, 0.25) is 10.0 Å². The molecule has 1 aromatic carbocycles. The lowest BCUT2D eigenvalue weighted by Crippen LogP contribution is -2.37. The number of sulfonamides is 1. The molecule has 1 saturated heterocycles. The van der Waals surface area contributed by atoms with Crippen LogP contribution in [0.25, 0.3) is 0 Å². The van der Waals surface area contributed by atoms with Gasteiger partial charge in [-0.05, 0) is 30.9 Å². The van der Waals surface area contributed by atoms with Crippen molar-refractivity contribution in [2.75, 3.05) is 13.1 Å². The van der Waals surface area contributed by atoms with Gasteiger partial charge in [-0.1, -0.05) is 12.5 Å². The Labute approximate surface area is 146 Å². The molecule has 1 aliphatic carbocycles. The third-order valence-electron chi connectivity index (χ3n) is 5.04. The topological polar surface area (TPSA) is 83.9 Å². The first-order valence-corrected chi connectivity index (χ1v) is 9.19. The average molecular weight is 397 g/mol. The second kappa shape index (κ2) is 6.08. The molecule has 0 aromatic heterocycles. The highest BCUT2D eigenvalue weighted by molar-refractivity contribution is 7.89. The number of halogens is 4. The molecule has 26 heavy (non-hydrogen) atoms. The lowest BCUT2D eigenvalue weighted by Gasteiger charge is -2.23. The number of nitrogens with zero attached hydrogens (tertiary/aromatic N) is 1. The molecule has 3 rings (SSSR count). The van der Waals surface area contributed by atoms with Crippen LogP contribution >= 0.6 is 0 Å². The van der Waals surface area contributed by atoms with Gasteiger partial charge in [0.05, 0.1) is 5.41 Å². The predicted molar refractivity (Wildman–Crippen MR) is 79.3 cm³/mol. The van der Waals surface area contributed by atoms with Crippen molar-refractivity contribution in [3.05, 3.63) is 24.0 Å². The van der Waals surface area contributed by atoms with Gasteiger partial charge in [0.25, 0.3) is 0 Å². The number of fused-ring (bicyclic) bond motifs is 1. The number of alkyl halides is 3. The number of carboxylic acid groups (broad SMARTS) is 1. The Bertz CT molecular complexity index is 841. The highest BCUT2D eigenvalue weighted by atomic mass is 32.2. The molecule has 0 bridgehead atoms. The Hall–Kier alpha value is -1.88. The van der Waals surface area contributed by atoms with Crippen LogP contribution in [0.2, 0.25) is 0 Å². The summed E-state index contributed by atoms with van der Waals surface area (Å²) in [7, 11) is -4.51. The first kappa shape index (κ1) is 18.9. The predicted octanol–water partition coefficient (Wildman–Crippen LogP) is 2.60. The van der Waals surface area contributed by atoms with Gasteiger partial charge in [-0.15, -0.1) is 13.2 Å². The molecule has 0 spiro atoms. The maximum absolute atomic E-state index is 14.3. The second-order valence-corrected chi connectivity index (χ2v) is 8.37. The Morgan fingerprint density at radius 3 is 2.62 bits per heavy atom. The maximum Gasteiger partial charge on any atom is 0.573 e. The van der Waals surface area contributed by atoms with Crippen LogP contribution in [0, 0.1) is 17.2 Å². The van der Waals surface area contributed by atoms with E-state index in [1.165, 1.54) is 0 Å². The maximum atomic E-state index is 14.3. The minimum atomic E-state index is -5.18. The van der Waals surface area contributed by atoms with Crippen molar-refractivity contribution in [2.45, 2.75) is 30.5 Å². The largest absolute Gasteiger partial charge is 0.573 e. The van der Waals surface area contributed by atoms with E-state index in [1.807, 2.05) is 0 Å². The van der Waals surface area contributed by atoms with Gasteiger partial charge in [0, 0.05) is 13.1 Å². The third kappa shape index (κ3) is 3.02. The number of carbonyl (C=O) groups is 1. The van der Waals surface area contributed by atoms with Crippen LogP contribution in [-0.4, -0.2) is 43.3 Å². The van der Waals surface area contributed by atoms with Gasteiger partial charge in [-0.3, -0.25) is 4.79 Å². The van der Waals surface area contributed by atoms with E-state index in [1.54, 1.807) is 0 Å². The first-order valence-electron chi connectivity index (χ1n) is 7.75. The monoisotopic (exact) mass is 397 g/mol. The molecule has 2 fully saturated rings. The van der Waals surface area contributed by atoms with Crippen LogP contribution in [0.15, 0.2) is 23.1 Å². The quantitative estimate of drug-likeness (QED) is 0.790. The van der Waals surface area contributed by atoms with Crippen molar-refractivity contribution >= 4 is 16.0 Å². The zero-order valence-electron chi connectivity index (χ0n) is 13.3. The SMILES string of the molecule is O=C(O)[C@@]12CCC[C@H]1CN(S(=O)(=O)c1cccc(OC(F)(F)F)c1F)C2. The normalized spacial score (nSPS) is 26.7. The number of rotatable bonds is 4. The highest BCUT2D eigenvalue weighted by Gasteiger charge is 2.57. The molecule has 6 nitrogen and oxygen atoms in total. The molecule has 1 heterocycles. The lowest BCUT2D eigenvalue weighted by molar-refractivity contribution is -0.275. The Balaban J connectivity index is 1.95. The van der Waals surface area contributed by atoms with Crippen molar-refractivity contribution in [1.29, 1.82) is 0 Å². The molecule has 0 unspecified atom stereocenters. The van der Waals surface area contributed by atoms with Gasteiger partial charge in [-0.2, -0.15) is 4.31 Å². The molecule has 2 aliphatic rings. The fraction of sp³-hybridized carbons (Fsp3) is 0.533. The van der Waals surface area contributed by atoms with E-state index in [0.29, 0.717) is 25.3 Å². The molecule has 11 heteroatoms. The molecular formula is C15H15F4NO5S. The van der Waals surface area contributed by atoms with E-state index >= 15 is 0 Å². The zero-order chi connectivity index (χ0) is 19.3. The van der Waals surface area contributed by atoms with E-state index in [-0.39, 0.29) is 13.1 Å². The smallest absolute Gasteiger partial charge is 0.481 e. The van der Waals surface area contributed by atoms with E-state index in [4.69, 9.17) is 0 Å². The van der Waals surface area contributed by atoms with Crippen molar-refractivity contribution in [3.63, 3.8) is 0 Å². The number of hydrogen-bond donors (Lipinski definition) is 1. The van der Waals surface area contributed by atoms with E-state index in [0.717, 1.165) is 16.4 Å². The van der Waals surface area contributed by atoms with E-state index in [2.05, 4.69) is 4.74 Å². The molecule has 1 N–H and O–H groups in total. The van der Waals surface area contributed by atoms with Gasteiger partial charge in [0.1, 0.15) is 4.90 Å². The van der Waals surface area contributed by atoms with E-state index in [9.17, 15) is 35.9 Å². The minimum Gasteiger partial charge on any atom is -0.481 e. The number of ether oxygens (including phenoxy) is 1. The van der Waals surface area contributed by atoms with E-state index < -0.39 is 50.2 Å². The summed E-state index contributed by atoms with van der Waals surface area (Å²) in [6.07, 6.45) is -3.70. The summed E-state index contributed by atoms with van der Waals surface area (Å²) in [6.45, 7) is -0.447. The summed E-state index contributed by atoms with van der Waals surface area (Å²) >= 11 is 0. The molecule has 144 valence electrons. The van der Waals surface area contributed by atoms with Crippen molar-refractivity contribution in [1.82, 2.24) is 4.31 Å². The first-order chi connectivity index (χ1) is 12.0. The summed E-state index contributed by atoms with van der Waals surface area (Å²) in [5, 5.41) is 9.51. The second-order valence-electron chi connectivity index (χ2n) is 6.46. The summed E-state index contributed by atoms with van der Waals surface area (Å²) in [5.41, 5.74) is -1.23. The minimum absolute atomic E-state index is 0.113. The number of hydrogen-bond acceptors (Lipinski definition) is 4. The highest BCUT2D eigenvalue weighted by Crippen LogP contribution is 2.50. The third-order valence-corrected chi connectivity index (χ3v) is 6.87. The summed E-state index contributed by atoms with van der Waals surface area (Å²) in [6, 6.07) is 2.43. The molecule has 1 aliphatic heterocycles. The summed E-state index contributed by atoms with van der Waals surface area (Å²) < 4.78 is 81.1. The molecular weight excluding hydrogens is 382 g/mol. The average Bonchev–Trinajstić information content (AvgIpc) is 3.06. The van der Waals surface area contributed by atoms with Crippen LogP contribution in [0.3, 0.4) is 0 Å². The lowest BCUT2D eigenvalue weighted by atomic mass is 9.81. The van der Waals surface area contributed by atoms with Gasteiger partial charge >= 0.3 is 12.3 Å². The van der Waals surface area contributed by atoms with Crippen LogP contribution < -0.4 is 4.74 Å². The fourth-order valence-corrected chi connectivity index (χ4v) is 5.44. The standard InChI is InChI=1S/C15H15F4NO5S/c16-12-10(25-15(17,18)19)4-1-5-11(12)26(23,24)20-7-9-3-2-6-14(9,8-20)13(21)22/h1,4-5,9H,2-3,6-8H2,(H,21,22)/t9-,14+/m0/s1. The number of aliphatic carboxylic acids is 1. The van der Waals surface area contributed by atoms with Crippen molar-refractivity contribution in [3.8, 4) is 5.75 Å². The molecule has 1 aromatic rings. The molecule has 1 saturated carbocycles. The van der Waals surface area contributed by atoms with Gasteiger partial charge in [0.15, 0.2) is 11.6 Å². The molecule has 2 atom stereocenters. The Morgan fingerprint density at radius 2 is 2.04 bits per heavy atom. The Kier molecular flexibility index (Phi) is 4.42. The molecule has 0 amide bonds. The summed E-state index contributed by atoms with van der Waals surface area (Å²) in [4.78, 5) is 10.7. The number of carboxylic acids is 1. The van der Waals surface area contributed by atoms with Gasteiger partial charge in [-0.25, -0.2) is 12.8 Å². The van der Waals surface area contributed by atoms with Crippen molar-refractivity contribution < 1.29 is 40.6 Å². The molecule has 0 radical (unpaired) electrons. The van der Waals surface area contributed by atoms with Crippen molar-refractivity contribution in [2.24, 2.45) is 11.3 Å². The summed E-state index contributed by atoms with van der Waals surface area (Å²) in [5.74, 6) is -4.45. The van der Waals surface area contributed by atoms with Crippen LogP contribution in [0.1, 0.15) is 19.3 Å². The van der Waals surface area contributed by atoms with Crippen LogP contribution in [-0.2, 0) is 14.8 Å². The fourth-order valence-electron chi connectivity index (χ4n) is 3.81. The number of benzene rings is 1. The Morgan fingerprint density at radius 1 is 1.35 bits per heavy atom. The van der Waals surface area contributed by atoms with Gasteiger partial charge < -0.3 is 9.84 Å². The van der Waals surface area contributed by atoms with Crippen LogP contribution in [0.5, 0.6) is 5.75 Å². The zero-order valence-corrected chi connectivity index (χ0v) is 14.1.